The fraction of sp³-hybridized carbons (Fsp3) is 0.477. The van der Waals surface area contributed by atoms with Crippen molar-refractivity contribution >= 4 is 30.7 Å². The van der Waals surface area contributed by atoms with E-state index in [0.717, 1.165) is 45.1 Å². The number of unbranched alkanes of at least 4 members (excludes halogenated alkanes) is 9. The second-order valence-electron chi connectivity index (χ2n) is 14.2. The van der Waals surface area contributed by atoms with E-state index in [1.54, 1.807) is 0 Å². The molecule has 3 aromatic rings. The summed E-state index contributed by atoms with van der Waals surface area (Å²) >= 11 is 0. The van der Waals surface area contributed by atoms with Gasteiger partial charge in [0.05, 0.1) is 0 Å². The summed E-state index contributed by atoms with van der Waals surface area (Å²) in [7, 11) is -2.48. The summed E-state index contributed by atoms with van der Waals surface area (Å²) in [5, 5.41) is 2.68. The van der Waals surface area contributed by atoms with Crippen LogP contribution in [0.4, 0.5) is 0 Å². The summed E-state index contributed by atoms with van der Waals surface area (Å²) in [5.41, 5.74) is 2.61. The zero-order valence-corrected chi connectivity index (χ0v) is 31.6. The normalized spacial score (nSPS) is 12.9. The second-order valence-corrected chi connectivity index (χ2v) is 18.5. The van der Waals surface area contributed by atoms with Crippen LogP contribution in [-0.2, 0) is 20.4 Å². The van der Waals surface area contributed by atoms with E-state index in [1.807, 2.05) is 12.2 Å². The Bertz CT molecular complexity index is 1320. The van der Waals surface area contributed by atoms with Crippen molar-refractivity contribution in [2.45, 2.75) is 129 Å². The third-order valence-electron chi connectivity index (χ3n) is 9.25. The molecule has 0 aliphatic rings. The van der Waals surface area contributed by atoms with E-state index in [1.165, 1.54) is 73.4 Å². The van der Waals surface area contributed by atoms with Gasteiger partial charge in [-0.1, -0.05) is 182 Å². The minimum absolute atomic E-state index is 0.00118. The quantitative estimate of drug-likeness (QED) is 0.0463. The molecule has 1 atom stereocenters. The lowest BCUT2D eigenvalue weighted by Crippen LogP contribution is -2.66. The topological polar surface area (TPSA) is 35.5 Å². The molecule has 0 aliphatic carbocycles. The Hall–Kier alpha value is -3.21. The van der Waals surface area contributed by atoms with Gasteiger partial charge in [0, 0.05) is 13.5 Å². The largest absolute Gasteiger partial charge is 0.458 e. The van der Waals surface area contributed by atoms with E-state index < -0.39 is 8.32 Å². The average molecular weight is 667 g/mol. The monoisotopic (exact) mass is 666 g/mol. The first-order valence-electron chi connectivity index (χ1n) is 18.6. The van der Waals surface area contributed by atoms with Crippen LogP contribution in [0.2, 0.25) is 5.04 Å². The Kier molecular flexibility index (Phi) is 17.7. The number of carbonyl (C=O) groups is 1. The van der Waals surface area contributed by atoms with E-state index >= 15 is 0 Å². The third kappa shape index (κ3) is 13.0. The standard InChI is InChI=1S/C44H62O3Si/c1-6-7-8-9-10-11-12-17-31-41(47-38(2)45)32-25-24-30-40-29-23-22-28-39(40)27-16-15-26-37-46-48(44(3,4)5,42-33-18-13-19-34-42)43-35-20-14-21-36-43/h13-14,18-25,28-30,32-36,41H,6-12,15-17,26-27,31,37H2,1-5H3. The smallest absolute Gasteiger partial charge is 0.303 e. The van der Waals surface area contributed by atoms with Crippen molar-refractivity contribution < 1.29 is 14.0 Å². The molecular formula is C44H62O3Si. The highest BCUT2D eigenvalue weighted by Gasteiger charge is 2.49. The van der Waals surface area contributed by atoms with Crippen LogP contribution < -0.4 is 10.4 Å². The minimum atomic E-state index is -2.48. The molecule has 0 bridgehead atoms. The molecule has 0 radical (unpaired) electrons. The van der Waals surface area contributed by atoms with Crippen molar-refractivity contribution in [2.24, 2.45) is 0 Å². The Morgan fingerprint density at radius 3 is 1.88 bits per heavy atom. The fourth-order valence-electron chi connectivity index (χ4n) is 6.74. The molecule has 3 rings (SSSR count). The summed E-state index contributed by atoms with van der Waals surface area (Å²) in [4.78, 5) is 11.7. The molecular weight excluding hydrogens is 605 g/mol. The predicted molar refractivity (Wildman–Crippen MR) is 209 cm³/mol. The van der Waals surface area contributed by atoms with Gasteiger partial charge in [0.2, 0.25) is 0 Å². The summed E-state index contributed by atoms with van der Waals surface area (Å²) < 4.78 is 12.7. The SMILES string of the molecule is CCCCCCCCCCC(C=CC=Cc1ccccc1CCCCCO[Si](c1ccccc1)(c1ccccc1)C(C)(C)C)OC(C)=O. The second kappa shape index (κ2) is 21.7. The van der Waals surface area contributed by atoms with Crippen molar-refractivity contribution in [1.29, 1.82) is 0 Å². The van der Waals surface area contributed by atoms with Crippen LogP contribution in [0.5, 0.6) is 0 Å². The van der Waals surface area contributed by atoms with Gasteiger partial charge in [0.1, 0.15) is 6.10 Å². The lowest BCUT2D eigenvalue weighted by Gasteiger charge is -2.43. The molecule has 0 saturated carbocycles. The summed E-state index contributed by atoms with van der Waals surface area (Å²) in [5.74, 6) is -0.212. The van der Waals surface area contributed by atoms with Crippen molar-refractivity contribution in [3.63, 3.8) is 0 Å². The molecule has 1 unspecified atom stereocenters. The molecule has 0 amide bonds. The number of allylic oxidation sites excluding steroid dienone is 2. The summed E-state index contributed by atoms with van der Waals surface area (Å²) in [6.07, 6.45) is 23.6. The van der Waals surface area contributed by atoms with Crippen molar-refractivity contribution in [2.75, 3.05) is 6.61 Å². The number of hydrogen-bond donors (Lipinski definition) is 0. The van der Waals surface area contributed by atoms with Gasteiger partial charge in [-0.2, -0.15) is 0 Å². The lowest BCUT2D eigenvalue weighted by molar-refractivity contribution is -0.144. The van der Waals surface area contributed by atoms with E-state index in [-0.39, 0.29) is 17.1 Å². The van der Waals surface area contributed by atoms with Crippen LogP contribution in [0.3, 0.4) is 0 Å². The van der Waals surface area contributed by atoms with Crippen molar-refractivity contribution in [3.8, 4) is 0 Å². The van der Waals surface area contributed by atoms with Gasteiger partial charge in [0.25, 0.3) is 8.32 Å². The molecule has 0 aromatic heterocycles. The van der Waals surface area contributed by atoms with Crippen LogP contribution in [0.1, 0.15) is 123 Å². The highest BCUT2D eigenvalue weighted by Crippen LogP contribution is 2.37. The van der Waals surface area contributed by atoms with Gasteiger partial charge in [-0.25, -0.2) is 0 Å². The highest BCUT2D eigenvalue weighted by atomic mass is 28.4. The van der Waals surface area contributed by atoms with E-state index in [0.29, 0.717) is 0 Å². The number of hydrogen-bond acceptors (Lipinski definition) is 3. The van der Waals surface area contributed by atoms with Gasteiger partial charge < -0.3 is 9.16 Å². The maximum absolute atomic E-state index is 11.7. The molecule has 0 aliphatic heterocycles. The zero-order valence-electron chi connectivity index (χ0n) is 30.6. The minimum Gasteiger partial charge on any atom is -0.458 e. The first-order chi connectivity index (χ1) is 23.3. The third-order valence-corrected chi connectivity index (χ3v) is 14.3. The zero-order chi connectivity index (χ0) is 34.5. The summed E-state index contributed by atoms with van der Waals surface area (Å²) in [6, 6.07) is 30.5. The Morgan fingerprint density at radius 2 is 1.27 bits per heavy atom. The van der Waals surface area contributed by atoms with Crippen LogP contribution in [0.15, 0.2) is 103 Å². The van der Waals surface area contributed by atoms with E-state index in [2.05, 4.69) is 125 Å². The van der Waals surface area contributed by atoms with Crippen LogP contribution in [-0.4, -0.2) is 27.0 Å². The first-order valence-corrected chi connectivity index (χ1v) is 20.5. The van der Waals surface area contributed by atoms with Crippen LogP contribution in [0, 0.1) is 0 Å². The number of rotatable bonds is 22. The Labute approximate surface area is 294 Å². The maximum Gasteiger partial charge on any atom is 0.303 e. The maximum atomic E-state index is 11.7. The van der Waals surface area contributed by atoms with Gasteiger partial charge >= 0.3 is 5.97 Å². The van der Waals surface area contributed by atoms with E-state index in [9.17, 15) is 4.79 Å². The molecule has 0 spiro atoms. The van der Waals surface area contributed by atoms with Gasteiger partial charge in [-0.05, 0) is 64.7 Å². The molecule has 3 nitrogen and oxygen atoms in total. The molecule has 0 fully saturated rings. The lowest BCUT2D eigenvalue weighted by atomic mass is 10.0. The molecule has 0 heterocycles. The predicted octanol–water partition coefficient (Wildman–Crippen LogP) is 11.0. The number of carbonyl (C=O) groups excluding carboxylic acids is 1. The molecule has 260 valence electrons. The number of benzene rings is 3. The number of esters is 1. The molecule has 48 heavy (non-hydrogen) atoms. The molecule has 4 heteroatoms. The van der Waals surface area contributed by atoms with Gasteiger partial charge in [-0.3, -0.25) is 4.79 Å². The Morgan fingerprint density at radius 1 is 0.708 bits per heavy atom. The van der Waals surface area contributed by atoms with E-state index in [4.69, 9.17) is 9.16 Å². The molecule has 3 aromatic carbocycles. The first kappa shape index (κ1) is 39.2. The highest BCUT2D eigenvalue weighted by molar-refractivity contribution is 6.99. The van der Waals surface area contributed by atoms with Crippen molar-refractivity contribution in [1.82, 2.24) is 0 Å². The van der Waals surface area contributed by atoms with Crippen LogP contribution >= 0.6 is 0 Å². The van der Waals surface area contributed by atoms with Crippen LogP contribution in [0.25, 0.3) is 6.08 Å². The van der Waals surface area contributed by atoms with Gasteiger partial charge in [0.15, 0.2) is 0 Å². The number of aryl methyl sites for hydroxylation is 1. The van der Waals surface area contributed by atoms with Gasteiger partial charge in [-0.15, -0.1) is 0 Å². The fourth-order valence-corrected chi connectivity index (χ4v) is 11.3. The Balaban J connectivity index is 1.51. The van der Waals surface area contributed by atoms with Crippen molar-refractivity contribution in [3.05, 3.63) is 114 Å². The number of ether oxygens (including phenoxy) is 1. The molecule has 0 saturated heterocycles. The molecule has 0 N–H and O–H groups in total. The average Bonchev–Trinajstić information content (AvgIpc) is 3.08. The summed E-state index contributed by atoms with van der Waals surface area (Å²) in [6.45, 7) is 11.5.